The molecule has 0 fully saturated rings. The van der Waals surface area contributed by atoms with Gasteiger partial charge in [0, 0.05) is 29.1 Å². The summed E-state index contributed by atoms with van der Waals surface area (Å²) >= 11 is 0. The van der Waals surface area contributed by atoms with E-state index in [2.05, 4.69) is 39.0 Å². The number of nitrogen functional groups attached to an aromatic ring is 1. The lowest BCUT2D eigenvalue weighted by molar-refractivity contribution is -0.124. The van der Waals surface area contributed by atoms with Gasteiger partial charge in [0.25, 0.3) is 5.91 Å². The van der Waals surface area contributed by atoms with Gasteiger partial charge in [-0.25, -0.2) is 9.97 Å². The predicted molar refractivity (Wildman–Crippen MR) is 108 cm³/mol. The zero-order valence-electron chi connectivity index (χ0n) is 16.1. The number of benzene rings is 1. The number of hydrogen-bond donors (Lipinski definition) is 4. The predicted octanol–water partition coefficient (Wildman–Crippen LogP) is -0.141. The van der Waals surface area contributed by atoms with E-state index in [0.29, 0.717) is 16.7 Å². The fraction of sp³-hybridized carbons (Fsp3) is 0.238. The molecule has 1 amide bonds. The maximum absolute atomic E-state index is 12.4. The lowest BCUT2D eigenvalue weighted by Crippen LogP contribution is -2.59. The van der Waals surface area contributed by atoms with E-state index in [1.807, 2.05) is 0 Å². The van der Waals surface area contributed by atoms with Crippen molar-refractivity contribution in [2.45, 2.75) is 25.4 Å². The molecule has 148 valence electrons. The Balaban J connectivity index is 2.06. The molecule has 0 aliphatic carbocycles. The van der Waals surface area contributed by atoms with Crippen LogP contribution in [0.5, 0.6) is 0 Å². The number of nitrogens with two attached hydrogens (primary N) is 2. The van der Waals surface area contributed by atoms with Crippen LogP contribution in [0.1, 0.15) is 35.3 Å². The molecule has 2 aromatic rings. The molecule has 1 aromatic carbocycles. The normalized spacial score (nSPS) is 11.3. The standard InChI is InChI=1S/C21H21N5O3/c1-21(2,23)18(17(28)13-27)26-19(29)16-9-7-14(8-10-16)5-3-4-6-15-11-24-20(22)25-12-15/h7-12,18,27H,13,23H2,1-2H3,(H,26,29)(H2,22,24,25). The maximum Gasteiger partial charge on any atom is 0.251 e. The smallest absolute Gasteiger partial charge is 0.251 e. The first-order valence-corrected chi connectivity index (χ1v) is 8.63. The first kappa shape index (κ1) is 21.6. The molecule has 1 atom stereocenters. The number of anilines is 1. The van der Waals surface area contributed by atoms with Gasteiger partial charge in [0.2, 0.25) is 5.95 Å². The van der Waals surface area contributed by atoms with Gasteiger partial charge in [-0.05, 0) is 55.9 Å². The number of aromatic nitrogens is 2. The highest BCUT2D eigenvalue weighted by molar-refractivity contribution is 5.98. The Morgan fingerprint density at radius 3 is 2.17 bits per heavy atom. The fourth-order valence-corrected chi connectivity index (χ4v) is 2.30. The van der Waals surface area contributed by atoms with E-state index in [1.165, 1.54) is 12.4 Å². The summed E-state index contributed by atoms with van der Waals surface area (Å²) in [6, 6.07) is 5.46. The number of amides is 1. The minimum Gasteiger partial charge on any atom is -0.388 e. The van der Waals surface area contributed by atoms with E-state index >= 15 is 0 Å². The summed E-state index contributed by atoms with van der Waals surface area (Å²) < 4.78 is 0. The number of nitrogens with zero attached hydrogens (tertiary/aromatic N) is 2. The van der Waals surface area contributed by atoms with Crippen LogP contribution >= 0.6 is 0 Å². The van der Waals surface area contributed by atoms with E-state index < -0.39 is 29.9 Å². The van der Waals surface area contributed by atoms with Gasteiger partial charge in [0.1, 0.15) is 12.6 Å². The molecule has 0 radical (unpaired) electrons. The average Bonchev–Trinajstić information content (AvgIpc) is 2.69. The fourth-order valence-electron chi connectivity index (χ4n) is 2.30. The largest absolute Gasteiger partial charge is 0.388 e. The zero-order valence-corrected chi connectivity index (χ0v) is 16.1. The number of Topliss-reactive ketones (excluding diaryl/α,β-unsaturated/α-hetero) is 1. The molecule has 0 saturated carbocycles. The average molecular weight is 391 g/mol. The third-order valence-corrected chi connectivity index (χ3v) is 3.79. The number of carbonyl (C=O) groups excluding carboxylic acids is 2. The molecule has 1 unspecified atom stereocenters. The van der Waals surface area contributed by atoms with Crippen molar-refractivity contribution in [1.29, 1.82) is 0 Å². The van der Waals surface area contributed by atoms with Gasteiger partial charge in [-0.1, -0.05) is 5.92 Å². The van der Waals surface area contributed by atoms with Crippen molar-refractivity contribution in [3.05, 3.63) is 53.3 Å². The molecule has 2 rings (SSSR count). The lowest BCUT2D eigenvalue weighted by atomic mass is 9.92. The Hall–Kier alpha value is -3.72. The Morgan fingerprint density at radius 1 is 1.10 bits per heavy atom. The third-order valence-electron chi connectivity index (χ3n) is 3.79. The number of ketones is 1. The van der Waals surface area contributed by atoms with Gasteiger partial charge in [0.05, 0.1) is 5.56 Å². The Kier molecular flexibility index (Phi) is 7.05. The van der Waals surface area contributed by atoms with Crippen LogP contribution in [0.3, 0.4) is 0 Å². The summed E-state index contributed by atoms with van der Waals surface area (Å²) in [7, 11) is 0. The lowest BCUT2D eigenvalue weighted by Gasteiger charge is -2.29. The minimum atomic E-state index is -1.02. The van der Waals surface area contributed by atoms with Crippen LogP contribution in [-0.4, -0.2) is 45.0 Å². The van der Waals surface area contributed by atoms with Crippen molar-refractivity contribution >= 4 is 17.6 Å². The highest BCUT2D eigenvalue weighted by Gasteiger charge is 2.32. The van der Waals surface area contributed by atoms with E-state index in [0.717, 1.165) is 0 Å². The molecule has 6 N–H and O–H groups in total. The number of rotatable bonds is 5. The summed E-state index contributed by atoms with van der Waals surface area (Å²) in [5.74, 6) is 10.2. The molecule has 8 nitrogen and oxygen atoms in total. The van der Waals surface area contributed by atoms with Crippen molar-refractivity contribution in [3.63, 3.8) is 0 Å². The Bertz CT molecular complexity index is 1000. The topological polar surface area (TPSA) is 144 Å². The van der Waals surface area contributed by atoms with Crippen molar-refractivity contribution in [1.82, 2.24) is 15.3 Å². The third kappa shape index (κ3) is 6.43. The van der Waals surface area contributed by atoms with Crippen molar-refractivity contribution in [2.24, 2.45) is 5.73 Å². The molecule has 8 heteroatoms. The molecule has 1 aromatic heterocycles. The van der Waals surface area contributed by atoms with Crippen LogP contribution in [0.25, 0.3) is 0 Å². The number of nitrogens with one attached hydrogen (secondary N) is 1. The molecule has 29 heavy (non-hydrogen) atoms. The van der Waals surface area contributed by atoms with Gasteiger partial charge in [-0.2, -0.15) is 0 Å². The number of aliphatic hydroxyl groups excluding tert-OH is 1. The van der Waals surface area contributed by atoms with Crippen LogP contribution in [0.4, 0.5) is 5.95 Å². The monoisotopic (exact) mass is 391 g/mol. The second kappa shape index (κ2) is 9.47. The van der Waals surface area contributed by atoms with Crippen LogP contribution in [0.2, 0.25) is 0 Å². The summed E-state index contributed by atoms with van der Waals surface area (Å²) in [4.78, 5) is 31.9. The first-order valence-electron chi connectivity index (χ1n) is 8.63. The van der Waals surface area contributed by atoms with E-state index in [1.54, 1.807) is 38.1 Å². The first-order chi connectivity index (χ1) is 13.7. The Labute approximate surface area is 168 Å². The summed E-state index contributed by atoms with van der Waals surface area (Å²) in [6.45, 7) is 2.49. The molecular formula is C21H21N5O3. The summed E-state index contributed by atoms with van der Waals surface area (Å²) in [5, 5.41) is 11.6. The second-order valence-corrected chi connectivity index (χ2v) is 6.76. The molecule has 1 heterocycles. The number of hydrogen-bond acceptors (Lipinski definition) is 7. The van der Waals surface area contributed by atoms with Crippen LogP contribution in [-0.2, 0) is 4.79 Å². The van der Waals surface area contributed by atoms with Crippen LogP contribution in [0, 0.1) is 23.7 Å². The van der Waals surface area contributed by atoms with Crippen LogP contribution < -0.4 is 16.8 Å². The zero-order chi connectivity index (χ0) is 21.4. The van der Waals surface area contributed by atoms with Crippen molar-refractivity contribution in [3.8, 4) is 23.7 Å². The quantitative estimate of drug-likeness (QED) is 0.519. The molecule has 0 spiro atoms. The van der Waals surface area contributed by atoms with Gasteiger partial charge in [-0.3, -0.25) is 9.59 Å². The molecule has 0 bridgehead atoms. The Morgan fingerprint density at radius 2 is 1.66 bits per heavy atom. The minimum absolute atomic E-state index is 0.174. The highest BCUT2D eigenvalue weighted by atomic mass is 16.3. The molecule has 0 aliphatic heterocycles. The molecular weight excluding hydrogens is 370 g/mol. The van der Waals surface area contributed by atoms with Crippen LogP contribution in [0.15, 0.2) is 36.7 Å². The van der Waals surface area contributed by atoms with Gasteiger partial charge >= 0.3 is 0 Å². The summed E-state index contributed by atoms with van der Waals surface area (Å²) in [5.41, 5.74) is 11.9. The SMILES string of the molecule is CC(C)(N)C(NC(=O)c1ccc(C#CC#Cc2cnc(N)nc2)cc1)C(=O)CO. The van der Waals surface area contributed by atoms with E-state index in [-0.39, 0.29) is 5.95 Å². The van der Waals surface area contributed by atoms with E-state index in [9.17, 15) is 9.59 Å². The van der Waals surface area contributed by atoms with Crippen molar-refractivity contribution < 1.29 is 14.7 Å². The maximum atomic E-state index is 12.4. The molecule has 0 aliphatic rings. The highest BCUT2D eigenvalue weighted by Crippen LogP contribution is 2.09. The van der Waals surface area contributed by atoms with Gasteiger partial charge < -0.3 is 21.9 Å². The second-order valence-electron chi connectivity index (χ2n) is 6.76. The van der Waals surface area contributed by atoms with Crippen molar-refractivity contribution in [2.75, 3.05) is 12.3 Å². The van der Waals surface area contributed by atoms with Gasteiger partial charge in [-0.15, -0.1) is 0 Å². The number of carbonyl (C=O) groups is 2. The molecule has 0 saturated heterocycles. The number of aliphatic hydroxyl groups is 1. The summed E-state index contributed by atoms with van der Waals surface area (Å²) in [6.07, 6.45) is 3.00. The van der Waals surface area contributed by atoms with Gasteiger partial charge in [0.15, 0.2) is 5.78 Å². The van der Waals surface area contributed by atoms with E-state index in [4.69, 9.17) is 16.6 Å².